The van der Waals surface area contributed by atoms with E-state index < -0.39 is 0 Å². The Bertz CT molecular complexity index is 868. The van der Waals surface area contributed by atoms with Crippen molar-refractivity contribution in [2.75, 3.05) is 19.8 Å². The maximum atomic E-state index is 13.0. The number of hydrogen-bond acceptors (Lipinski definition) is 3. The second kappa shape index (κ2) is 7.01. The van der Waals surface area contributed by atoms with E-state index in [1.807, 2.05) is 17.9 Å². The lowest BCUT2D eigenvalue weighted by Gasteiger charge is -2.36. The number of ether oxygens (including phenoxy) is 2. The first-order chi connectivity index (χ1) is 12.5. The summed E-state index contributed by atoms with van der Waals surface area (Å²) in [6.45, 7) is 3.97. The lowest BCUT2D eigenvalue weighted by molar-refractivity contribution is 0.0677. The zero-order valence-electron chi connectivity index (χ0n) is 14.4. The molecule has 2 aliphatic rings. The molecule has 0 saturated heterocycles. The first kappa shape index (κ1) is 17.5. The Balaban J connectivity index is 1.66. The van der Waals surface area contributed by atoms with Crippen LogP contribution in [-0.4, -0.2) is 30.6 Å². The Morgan fingerprint density at radius 1 is 1.12 bits per heavy atom. The number of carbonyl (C=O) groups excluding carboxylic acids is 1. The maximum Gasteiger partial charge on any atom is 0.255 e. The molecule has 0 N–H and O–H groups in total. The smallest absolute Gasteiger partial charge is 0.255 e. The minimum absolute atomic E-state index is 0.0739. The predicted octanol–water partition coefficient (Wildman–Crippen LogP) is 4.91. The molecule has 0 spiro atoms. The summed E-state index contributed by atoms with van der Waals surface area (Å²) in [5, 5.41) is 0.891. The van der Waals surface area contributed by atoms with Gasteiger partial charge in [0.1, 0.15) is 0 Å². The number of fused-ring (bicyclic) bond motifs is 2. The topological polar surface area (TPSA) is 38.8 Å². The summed E-state index contributed by atoms with van der Waals surface area (Å²) in [7, 11) is 0. The highest BCUT2D eigenvalue weighted by Crippen LogP contribution is 2.39. The molecule has 0 bridgehead atoms. The highest BCUT2D eigenvalue weighted by Gasteiger charge is 2.31. The fraction of sp³-hybridized carbons (Fsp3) is 0.350. The molecule has 2 heterocycles. The van der Waals surface area contributed by atoms with Gasteiger partial charge in [0, 0.05) is 18.0 Å². The van der Waals surface area contributed by atoms with E-state index in [-0.39, 0.29) is 11.9 Å². The van der Waals surface area contributed by atoms with Crippen LogP contribution in [0.4, 0.5) is 0 Å². The third-order valence-electron chi connectivity index (χ3n) is 4.97. The van der Waals surface area contributed by atoms with Crippen molar-refractivity contribution in [2.24, 2.45) is 0 Å². The second-order valence-electron chi connectivity index (χ2n) is 6.60. The molecule has 0 unspecified atom stereocenters. The number of carbonyl (C=O) groups is 1. The molecule has 6 heteroatoms. The Hall–Kier alpha value is -1.91. The van der Waals surface area contributed by atoms with E-state index in [1.165, 1.54) is 5.56 Å². The summed E-state index contributed by atoms with van der Waals surface area (Å²) < 4.78 is 11.6. The van der Waals surface area contributed by atoms with E-state index in [4.69, 9.17) is 32.7 Å². The van der Waals surface area contributed by atoms with Gasteiger partial charge >= 0.3 is 0 Å². The van der Waals surface area contributed by atoms with Crippen LogP contribution in [0, 0.1) is 0 Å². The average Bonchev–Trinajstić information content (AvgIpc) is 2.85. The third kappa shape index (κ3) is 3.12. The van der Waals surface area contributed by atoms with Gasteiger partial charge in [0.2, 0.25) is 0 Å². The number of hydrogen-bond donors (Lipinski definition) is 0. The number of amides is 1. The van der Waals surface area contributed by atoms with E-state index in [9.17, 15) is 4.79 Å². The van der Waals surface area contributed by atoms with Gasteiger partial charge in [-0.25, -0.2) is 0 Å². The summed E-state index contributed by atoms with van der Waals surface area (Å²) >= 11 is 12.2. The van der Waals surface area contributed by atoms with Crippen LogP contribution in [0.25, 0.3) is 0 Å². The molecule has 0 saturated carbocycles. The highest BCUT2D eigenvalue weighted by atomic mass is 35.5. The van der Waals surface area contributed by atoms with Crippen LogP contribution in [0.2, 0.25) is 10.0 Å². The minimum atomic E-state index is -0.0862. The van der Waals surface area contributed by atoms with Crippen molar-refractivity contribution in [1.29, 1.82) is 0 Å². The highest BCUT2D eigenvalue weighted by molar-refractivity contribution is 6.36. The van der Waals surface area contributed by atoms with Crippen molar-refractivity contribution in [3.8, 4) is 11.5 Å². The van der Waals surface area contributed by atoms with E-state index in [0.29, 0.717) is 35.4 Å². The van der Waals surface area contributed by atoms with Gasteiger partial charge in [-0.05, 0) is 54.8 Å². The van der Waals surface area contributed by atoms with Crippen molar-refractivity contribution in [3.63, 3.8) is 0 Å². The van der Waals surface area contributed by atoms with Crippen molar-refractivity contribution in [3.05, 3.63) is 57.1 Å². The lowest BCUT2D eigenvalue weighted by Crippen LogP contribution is -2.39. The number of nitrogens with zero attached hydrogens (tertiary/aromatic N) is 1. The first-order valence-corrected chi connectivity index (χ1v) is 9.48. The van der Waals surface area contributed by atoms with Crippen LogP contribution >= 0.6 is 23.2 Å². The van der Waals surface area contributed by atoms with Crippen LogP contribution in [-0.2, 0) is 6.42 Å². The first-order valence-electron chi connectivity index (χ1n) is 8.73. The molecule has 26 heavy (non-hydrogen) atoms. The second-order valence-corrected chi connectivity index (χ2v) is 7.44. The molecule has 1 amide bonds. The van der Waals surface area contributed by atoms with Crippen molar-refractivity contribution in [1.82, 2.24) is 4.90 Å². The molecule has 0 aliphatic carbocycles. The minimum Gasteiger partial charge on any atom is -0.490 e. The van der Waals surface area contributed by atoms with E-state index in [1.54, 1.807) is 18.2 Å². The lowest BCUT2D eigenvalue weighted by atomic mass is 9.92. The molecule has 4 nitrogen and oxygen atoms in total. The van der Waals surface area contributed by atoms with Gasteiger partial charge in [-0.15, -0.1) is 0 Å². The summed E-state index contributed by atoms with van der Waals surface area (Å²) in [6, 6.07) is 8.98. The SMILES string of the molecule is C[C@H]1c2cc3c(cc2CCN1C(=O)c1ccc(Cl)cc1Cl)OCCCO3. The molecular weight excluding hydrogens is 373 g/mol. The Kier molecular flexibility index (Phi) is 4.72. The van der Waals surface area contributed by atoms with E-state index in [2.05, 4.69) is 6.07 Å². The molecule has 4 rings (SSSR count). The van der Waals surface area contributed by atoms with Gasteiger partial charge in [0.05, 0.1) is 29.8 Å². The van der Waals surface area contributed by atoms with Crippen LogP contribution in [0.5, 0.6) is 11.5 Å². The Labute approximate surface area is 162 Å². The zero-order valence-corrected chi connectivity index (χ0v) is 15.9. The standard InChI is InChI=1S/C20H19Cl2NO3/c1-12-16-11-19-18(25-7-2-8-26-19)9-13(16)5-6-23(12)20(24)15-4-3-14(21)10-17(15)22/h3-4,9-12H,2,5-8H2,1H3/t12-/m0/s1. The fourth-order valence-electron chi connectivity index (χ4n) is 3.57. The van der Waals surface area contributed by atoms with Gasteiger partial charge in [-0.1, -0.05) is 23.2 Å². The molecule has 2 aromatic carbocycles. The fourth-order valence-corrected chi connectivity index (χ4v) is 4.06. The van der Waals surface area contributed by atoms with Crippen molar-refractivity contribution in [2.45, 2.75) is 25.8 Å². The van der Waals surface area contributed by atoms with Crippen LogP contribution in [0.15, 0.2) is 30.3 Å². The molecule has 2 aromatic rings. The Morgan fingerprint density at radius 2 is 1.85 bits per heavy atom. The largest absolute Gasteiger partial charge is 0.490 e. The predicted molar refractivity (Wildman–Crippen MR) is 102 cm³/mol. The average molecular weight is 392 g/mol. The number of halogens is 2. The summed E-state index contributed by atoms with van der Waals surface area (Å²) in [4.78, 5) is 14.9. The molecule has 0 aromatic heterocycles. The summed E-state index contributed by atoms with van der Waals surface area (Å²) in [5.41, 5.74) is 2.77. The number of rotatable bonds is 1. The van der Waals surface area contributed by atoms with Gasteiger partial charge in [-0.3, -0.25) is 4.79 Å². The molecular formula is C20H19Cl2NO3. The zero-order chi connectivity index (χ0) is 18.3. The molecule has 136 valence electrons. The van der Waals surface area contributed by atoms with Crippen LogP contribution in [0.1, 0.15) is 40.9 Å². The van der Waals surface area contributed by atoms with Crippen LogP contribution in [0.3, 0.4) is 0 Å². The monoisotopic (exact) mass is 391 g/mol. The molecule has 1 atom stereocenters. The third-order valence-corrected chi connectivity index (χ3v) is 5.52. The quantitative estimate of drug-likeness (QED) is 0.692. The van der Waals surface area contributed by atoms with Gasteiger partial charge in [0.15, 0.2) is 11.5 Å². The van der Waals surface area contributed by atoms with Crippen molar-refractivity contribution >= 4 is 29.1 Å². The molecule has 0 radical (unpaired) electrons. The Morgan fingerprint density at radius 3 is 2.58 bits per heavy atom. The van der Waals surface area contributed by atoms with E-state index >= 15 is 0 Å². The number of benzene rings is 2. The molecule has 2 aliphatic heterocycles. The van der Waals surface area contributed by atoms with Gasteiger partial charge in [0.25, 0.3) is 5.91 Å². The van der Waals surface area contributed by atoms with Gasteiger partial charge < -0.3 is 14.4 Å². The van der Waals surface area contributed by atoms with E-state index in [0.717, 1.165) is 29.9 Å². The molecule has 0 fully saturated rings. The summed E-state index contributed by atoms with van der Waals surface area (Å²) in [6.07, 6.45) is 1.64. The normalized spacial score (nSPS) is 18.9. The van der Waals surface area contributed by atoms with Crippen LogP contribution < -0.4 is 9.47 Å². The van der Waals surface area contributed by atoms with Gasteiger partial charge in [-0.2, -0.15) is 0 Å². The van der Waals surface area contributed by atoms with Crippen molar-refractivity contribution < 1.29 is 14.3 Å². The maximum absolute atomic E-state index is 13.0. The summed E-state index contributed by atoms with van der Waals surface area (Å²) in [5.74, 6) is 1.47.